The number of aromatic hydroxyl groups is 2. The summed E-state index contributed by atoms with van der Waals surface area (Å²) in [7, 11) is -3.71. The standard InChI is InChI=1S/C20H15NO4S2/c22-17-10-8-14(21-27(24,25)19-6-3-11-26-19)12-16(17)20-15-5-2-1-4-13(15)7-9-18(20)23/h1-12,21-23H. The van der Waals surface area contributed by atoms with Gasteiger partial charge in [0.2, 0.25) is 0 Å². The topological polar surface area (TPSA) is 86.6 Å². The smallest absolute Gasteiger partial charge is 0.271 e. The molecule has 3 N–H and O–H groups in total. The van der Waals surface area contributed by atoms with Gasteiger partial charge in [0.1, 0.15) is 15.7 Å². The molecule has 1 aromatic heterocycles. The molecule has 0 aliphatic rings. The van der Waals surface area contributed by atoms with Crippen molar-refractivity contribution in [3.63, 3.8) is 0 Å². The van der Waals surface area contributed by atoms with E-state index >= 15 is 0 Å². The molecule has 0 unspecified atom stereocenters. The highest BCUT2D eigenvalue weighted by molar-refractivity contribution is 7.94. The van der Waals surface area contributed by atoms with E-state index in [1.54, 1.807) is 23.6 Å². The summed E-state index contributed by atoms with van der Waals surface area (Å²) in [5, 5.41) is 24.1. The number of phenols is 2. The first-order valence-corrected chi connectivity index (χ1v) is 10.4. The van der Waals surface area contributed by atoms with Crippen LogP contribution in [0.15, 0.2) is 76.3 Å². The van der Waals surface area contributed by atoms with Crippen LogP contribution < -0.4 is 4.72 Å². The second-order valence-corrected chi connectivity index (χ2v) is 8.81. The molecule has 0 saturated heterocycles. The fourth-order valence-corrected chi connectivity index (χ4v) is 5.01. The highest BCUT2D eigenvalue weighted by atomic mass is 32.2. The lowest BCUT2D eigenvalue weighted by molar-refractivity contribution is 0.470. The molecule has 0 atom stereocenters. The second kappa shape index (κ2) is 6.61. The number of nitrogens with one attached hydrogen (secondary N) is 1. The zero-order valence-corrected chi connectivity index (χ0v) is 15.6. The fraction of sp³-hybridized carbons (Fsp3) is 0. The van der Waals surface area contributed by atoms with Crippen molar-refractivity contribution in [1.29, 1.82) is 0 Å². The number of anilines is 1. The summed E-state index contributed by atoms with van der Waals surface area (Å²) in [4.78, 5) is 0. The normalized spacial score (nSPS) is 11.6. The number of rotatable bonds is 4. The predicted molar refractivity (Wildman–Crippen MR) is 108 cm³/mol. The van der Waals surface area contributed by atoms with Gasteiger partial charge in [0.15, 0.2) is 0 Å². The number of hydrogen-bond acceptors (Lipinski definition) is 5. The molecule has 0 spiro atoms. The first-order chi connectivity index (χ1) is 13.0. The third-order valence-corrected chi connectivity index (χ3v) is 6.96. The molecule has 5 nitrogen and oxygen atoms in total. The van der Waals surface area contributed by atoms with Crippen molar-refractivity contribution in [3.8, 4) is 22.6 Å². The molecule has 7 heteroatoms. The molecular weight excluding hydrogens is 382 g/mol. The molecule has 0 aliphatic carbocycles. The number of sulfonamides is 1. The molecular formula is C20H15NO4S2. The fourth-order valence-electron chi connectivity index (χ4n) is 2.96. The molecule has 27 heavy (non-hydrogen) atoms. The Morgan fingerprint density at radius 1 is 0.852 bits per heavy atom. The summed E-state index contributed by atoms with van der Waals surface area (Å²) < 4.78 is 27.6. The van der Waals surface area contributed by atoms with Gasteiger partial charge in [-0.3, -0.25) is 4.72 Å². The molecule has 0 saturated carbocycles. The quantitative estimate of drug-likeness (QED) is 0.433. The molecule has 1 heterocycles. The van der Waals surface area contributed by atoms with Gasteiger partial charge in [-0.1, -0.05) is 36.4 Å². The number of fused-ring (bicyclic) bond motifs is 1. The minimum Gasteiger partial charge on any atom is -0.507 e. The molecule has 0 fully saturated rings. The minimum atomic E-state index is -3.71. The Morgan fingerprint density at radius 3 is 2.41 bits per heavy atom. The van der Waals surface area contributed by atoms with E-state index in [-0.39, 0.29) is 15.7 Å². The molecule has 0 radical (unpaired) electrons. The molecule has 4 rings (SSSR count). The van der Waals surface area contributed by atoms with E-state index in [9.17, 15) is 18.6 Å². The van der Waals surface area contributed by atoms with Crippen LogP contribution in [0.2, 0.25) is 0 Å². The van der Waals surface area contributed by atoms with Gasteiger partial charge in [0.05, 0.1) is 0 Å². The molecule has 0 aliphatic heterocycles. The SMILES string of the molecule is O=S(=O)(Nc1ccc(O)c(-c2c(O)ccc3ccccc23)c1)c1cccs1. The van der Waals surface area contributed by atoms with E-state index in [0.717, 1.165) is 22.1 Å². The van der Waals surface area contributed by atoms with Gasteiger partial charge in [0, 0.05) is 16.8 Å². The first-order valence-electron chi connectivity index (χ1n) is 8.06. The predicted octanol–water partition coefficient (Wildman–Crippen LogP) is 4.78. The van der Waals surface area contributed by atoms with E-state index in [1.165, 1.54) is 24.3 Å². The molecule has 4 aromatic rings. The summed E-state index contributed by atoms with van der Waals surface area (Å²) in [6.45, 7) is 0. The van der Waals surface area contributed by atoms with Gasteiger partial charge in [-0.2, -0.15) is 0 Å². The Balaban J connectivity index is 1.84. The Bertz CT molecular complexity index is 1230. The molecule has 3 aromatic carbocycles. The molecule has 0 bridgehead atoms. The van der Waals surface area contributed by atoms with Gasteiger partial charge in [-0.25, -0.2) is 8.42 Å². The summed E-state index contributed by atoms with van der Waals surface area (Å²) in [6.07, 6.45) is 0. The lowest BCUT2D eigenvalue weighted by atomic mass is 9.96. The summed E-state index contributed by atoms with van der Waals surface area (Å²) in [5.74, 6) is -0.0528. The highest BCUT2D eigenvalue weighted by Gasteiger charge is 2.18. The van der Waals surface area contributed by atoms with Gasteiger partial charge in [0.25, 0.3) is 10.0 Å². The van der Waals surface area contributed by atoms with Gasteiger partial charge >= 0.3 is 0 Å². The maximum absolute atomic E-state index is 12.5. The second-order valence-electron chi connectivity index (χ2n) is 5.95. The Kier molecular flexibility index (Phi) is 4.25. The maximum Gasteiger partial charge on any atom is 0.271 e. The zero-order valence-electron chi connectivity index (χ0n) is 14.0. The van der Waals surface area contributed by atoms with Gasteiger partial charge < -0.3 is 10.2 Å². The highest BCUT2D eigenvalue weighted by Crippen LogP contribution is 2.41. The van der Waals surface area contributed by atoms with Crippen molar-refractivity contribution >= 4 is 37.8 Å². The lowest BCUT2D eigenvalue weighted by Gasteiger charge is -2.13. The van der Waals surface area contributed by atoms with Crippen molar-refractivity contribution in [2.24, 2.45) is 0 Å². The van der Waals surface area contributed by atoms with Gasteiger partial charge in [-0.05, 0) is 46.5 Å². The van der Waals surface area contributed by atoms with Gasteiger partial charge in [-0.15, -0.1) is 11.3 Å². The van der Waals surface area contributed by atoms with Crippen LogP contribution in [0.5, 0.6) is 11.5 Å². The monoisotopic (exact) mass is 397 g/mol. The lowest BCUT2D eigenvalue weighted by Crippen LogP contribution is -2.11. The first kappa shape index (κ1) is 17.4. The van der Waals surface area contributed by atoms with Crippen molar-refractivity contribution < 1.29 is 18.6 Å². The molecule has 136 valence electrons. The average Bonchev–Trinajstić information content (AvgIpc) is 3.19. The van der Waals surface area contributed by atoms with Crippen LogP contribution in [0.3, 0.4) is 0 Å². The molecule has 0 amide bonds. The van der Waals surface area contributed by atoms with E-state index in [4.69, 9.17) is 0 Å². The largest absolute Gasteiger partial charge is 0.507 e. The Morgan fingerprint density at radius 2 is 1.63 bits per heavy atom. The third kappa shape index (κ3) is 3.22. The number of hydrogen-bond donors (Lipinski definition) is 3. The van der Waals surface area contributed by atoms with E-state index in [0.29, 0.717) is 16.8 Å². The van der Waals surface area contributed by atoms with Crippen LogP contribution in [0.4, 0.5) is 5.69 Å². The summed E-state index contributed by atoms with van der Waals surface area (Å²) in [6, 6.07) is 18.4. The van der Waals surface area contributed by atoms with Crippen molar-refractivity contribution in [3.05, 3.63) is 72.1 Å². The summed E-state index contributed by atoms with van der Waals surface area (Å²) >= 11 is 1.12. The number of phenolic OH excluding ortho intramolecular Hbond substituents is 2. The van der Waals surface area contributed by atoms with Crippen LogP contribution in [-0.4, -0.2) is 18.6 Å². The van der Waals surface area contributed by atoms with Crippen molar-refractivity contribution in [2.75, 3.05) is 4.72 Å². The Hall–Kier alpha value is -3.03. The van der Waals surface area contributed by atoms with Crippen LogP contribution in [0, 0.1) is 0 Å². The third-order valence-electron chi connectivity index (χ3n) is 4.19. The van der Waals surface area contributed by atoms with Crippen LogP contribution >= 0.6 is 11.3 Å². The van der Waals surface area contributed by atoms with E-state index in [1.807, 2.05) is 24.3 Å². The number of thiophene rings is 1. The zero-order chi connectivity index (χ0) is 19.0. The maximum atomic E-state index is 12.5. The van der Waals surface area contributed by atoms with Crippen LogP contribution in [0.1, 0.15) is 0 Å². The Labute approximate surface area is 160 Å². The minimum absolute atomic E-state index is 0.00210. The van der Waals surface area contributed by atoms with E-state index in [2.05, 4.69) is 4.72 Å². The van der Waals surface area contributed by atoms with Crippen molar-refractivity contribution in [2.45, 2.75) is 4.21 Å². The van der Waals surface area contributed by atoms with Crippen LogP contribution in [-0.2, 0) is 10.0 Å². The van der Waals surface area contributed by atoms with Crippen LogP contribution in [0.25, 0.3) is 21.9 Å². The summed E-state index contributed by atoms with van der Waals surface area (Å²) in [5.41, 5.74) is 1.09. The van der Waals surface area contributed by atoms with Crippen molar-refractivity contribution in [1.82, 2.24) is 0 Å². The number of benzene rings is 3. The van der Waals surface area contributed by atoms with E-state index < -0.39 is 10.0 Å². The average molecular weight is 397 g/mol.